The van der Waals surface area contributed by atoms with Crippen LogP contribution in [0.4, 0.5) is 5.69 Å². The molecular formula is C22H24N2O4. The van der Waals surface area contributed by atoms with Crippen molar-refractivity contribution < 1.29 is 19.4 Å². The number of aliphatic hydroxyl groups is 1. The number of carbonyl (C=O) groups is 2. The van der Waals surface area contributed by atoms with Crippen LogP contribution in [0, 0.1) is 12.8 Å². The minimum Gasteiger partial charge on any atom is -0.468 e. The second-order valence-electron chi connectivity index (χ2n) is 7.62. The first-order valence-electron chi connectivity index (χ1n) is 9.51. The number of benzene rings is 2. The molecule has 6 nitrogen and oxygen atoms in total. The van der Waals surface area contributed by atoms with Gasteiger partial charge in [-0.2, -0.15) is 0 Å². The number of carbonyl (C=O) groups excluding carboxylic acids is 2. The van der Waals surface area contributed by atoms with Crippen LogP contribution in [0.3, 0.4) is 0 Å². The number of amides is 2. The van der Waals surface area contributed by atoms with E-state index in [1.165, 1.54) is 4.90 Å². The van der Waals surface area contributed by atoms with Gasteiger partial charge in [-0.25, -0.2) is 0 Å². The second kappa shape index (κ2) is 6.95. The Morgan fingerprint density at radius 3 is 2.71 bits per heavy atom. The van der Waals surface area contributed by atoms with E-state index in [4.69, 9.17) is 4.74 Å². The predicted molar refractivity (Wildman–Crippen MR) is 105 cm³/mol. The number of hydrogen-bond donors (Lipinski definition) is 2. The van der Waals surface area contributed by atoms with Gasteiger partial charge in [-0.15, -0.1) is 0 Å². The number of likely N-dealkylation sites (tertiary alicyclic amines) is 1. The van der Waals surface area contributed by atoms with Crippen LogP contribution in [0.2, 0.25) is 0 Å². The molecule has 6 heteroatoms. The standard InChI is InChI=1S/C22H24N2O4/c1-14-7-3-5-9-17(14)23-20(26)19-16-13-22(2,24(11-12-25)21(19)27)28-18-10-6-4-8-15(16)18/h3-10,16,19,25H,11-13H2,1-2H3,(H,23,26)/t16-,19+,22+/m0/s1. The van der Waals surface area contributed by atoms with Crippen molar-refractivity contribution >= 4 is 17.5 Å². The number of aryl methyl sites for hydroxylation is 1. The normalized spacial score (nSPS) is 25.7. The Morgan fingerprint density at radius 2 is 1.96 bits per heavy atom. The zero-order chi connectivity index (χ0) is 19.9. The summed E-state index contributed by atoms with van der Waals surface area (Å²) in [6.45, 7) is 3.69. The molecule has 2 aromatic rings. The summed E-state index contributed by atoms with van der Waals surface area (Å²) in [5.41, 5.74) is 1.63. The largest absolute Gasteiger partial charge is 0.468 e. The molecule has 146 valence electrons. The predicted octanol–water partition coefficient (Wildman–Crippen LogP) is 2.67. The molecule has 1 saturated heterocycles. The third kappa shape index (κ3) is 2.94. The second-order valence-corrected chi connectivity index (χ2v) is 7.62. The van der Waals surface area contributed by atoms with Gasteiger partial charge < -0.3 is 20.1 Å². The van der Waals surface area contributed by atoms with Gasteiger partial charge in [0, 0.05) is 24.6 Å². The molecule has 0 spiro atoms. The SMILES string of the molecule is Cc1ccccc1NC(=O)[C@@H]1C(=O)N(CCO)[C@@]2(C)C[C@H]1c1ccccc1O2. The molecule has 2 N–H and O–H groups in total. The van der Waals surface area contributed by atoms with Gasteiger partial charge in [0.15, 0.2) is 5.72 Å². The van der Waals surface area contributed by atoms with E-state index in [0.29, 0.717) is 17.9 Å². The van der Waals surface area contributed by atoms with E-state index in [1.807, 2.05) is 62.4 Å². The van der Waals surface area contributed by atoms with Gasteiger partial charge in [0.2, 0.25) is 11.8 Å². The highest BCUT2D eigenvalue weighted by Crippen LogP contribution is 2.50. The molecule has 0 saturated carbocycles. The van der Waals surface area contributed by atoms with Crippen molar-refractivity contribution in [2.45, 2.75) is 31.9 Å². The summed E-state index contributed by atoms with van der Waals surface area (Å²) in [6, 6.07) is 15.1. The number of nitrogens with one attached hydrogen (secondary N) is 1. The molecule has 4 rings (SSSR count). The Labute approximate surface area is 164 Å². The maximum atomic E-state index is 13.3. The monoisotopic (exact) mass is 380 g/mol. The summed E-state index contributed by atoms with van der Waals surface area (Å²) in [5, 5.41) is 12.4. The molecular weight excluding hydrogens is 356 g/mol. The van der Waals surface area contributed by atoms with E-state index in [2.05, 4.69) is 5.32 Å². The molecule has 2 bridgehead atoms. The molecule has 2 aliphatic rings. The van der Waals surface area contributed by atoms with E-state index >= 15 is 0 Å². The third-order valence-corrected chi connectivity index (χ3v) is 5.76. The highest BCUT2D eigenvalue weighted by atomic mass is 16.5. The maximum Gasteiger partial charge on any atom is 0.238 e. The number of aliphatic hydroxyl groups excluding tert-OH is 1. The van der Waals surface area contributed by atoms with Gasteiger partial charge in [0.1, 0.15) is 11.7 Å². The van der Waals surface area contributed by atoms with Crippen LogP contribution in [0.1, 0.15) is 30.4 Å². The Morgan fingerprint density at radius 1 is 1.25 bits per heavy atom. The van der Waals surface area contributed by atoms with Crippen LogP contribution in [0.25, 0.3) is 0 Å². The molecule has 1 fully saturated rings. The number of rotatable bonds is 4. The molecule has 2 amide bonds. The molecule has 2 aliphatic heterocycles. The lowest BCUT2D eigenvalue weighted by molar-refractivity contribution is -0.176. The van der Waals surface area contributed by atoms with Crippen molar-refractivity contribution in [3.8, 4) is 5.75 Å². The Bertz CT molecular complexity index is 928. The zero-order valence-corrected chi connectivity index (χ0v) is 16.0. The van der Waals surface area contributed by atoms with Crippen molar-refractivity contribution in [1.29, 1.82) is 0 Å². The van der Waals surface area contributed by atoms with E-state index < -0.39 is 11.6 Å². The van der Waals surface area contributed by atoms with E-state index in [-0.39, 0.29) is 30.9 Å². The van der Waals surface area contributed by atoms with Gasteiger partial charge in [0.05, 0.1) is 6.61 Å². The molecule has 2 heterocycles. The Kier molecular flexibility index (Phi) is 4.59. The highest BCUT2D eigenvalue weighted by molar-refractivity contribution is 6.08. The molecule has 0 aromatic heterocycles. The maximum absolute atomic E-state index is 13.3. The molecule has 28 heavy (non-hydrogen) atoms. The molecule has 0 radical (unpaired) electrons. The molecule has 3 atom stereocenters. The van der Waals surface area contributed by atoms with Crippen LogP contribution in [0.5, 0.6) is 5.75 Å². The van der Waals surface area contributed by atoms with Crippen molar-refractivity contribution in [3.05, 3.63) is 59.7 Å². The number of piperidine rings is 1. The minimum absolute atomic E-state index is 0.123. The van der Waals surface area contributed by atoms with Crippen LogP contribution < -0.4 is 10.1 Å². The number of ether oxygens (including phenoxy) is 1. The summed E-state index contributed by atoms with van der Waals surface area (Å²) in [6.07, 6.45) is 0.502. The van der Waals surface area contributed by atoms with E-state index in [0.717, 1.165) is 11.1 Å². The van der Waals surface area contributed by atoms with Gasteiger partial charge in [-0.1, -0.05) is 36.4 Å². The van der Waals surface area contributed by atoms with Gasteiger partial charge >= 0.3 is 0 Å². The Hall–Kier alpha value is -2.86. The summed E-state index contributed by atoms with van der Waals surface area (Å²) in [4.78, 5) is 28.1. The number of β-amino-alcohol motifs (C(OH)–C–C–N with tert-alkyl or cyclic N) is 1. The van der Waals surface area contributed by atoms with Crippen molar-refractivity contribution in [1.82, 2.24) is 4.90 Å². The lowest BCUT2D eigenvalue weighted by atomic mass is 9.73. The average Bonchev–Trinajstić information content (AvgIpc) is 2.67. The lowest BCUT2D eigenvalue weighted by Crippen LogP contribution is -2.64. The Balaban J connectivity index is 1.74. The van der Waals surface area contributed by atoms with Crippen molar-refractivity contribution in [2.75, 3.05) is 18.5 Å². The molecule has 2 aromatic carbocycles. The fraction of sp³-hybridized carbons (Fsp3) is 0.364. The summed E-state index contributed by atoms with van der Waals surface area (Å²) in [5.74, 6) is -1.10. The molecule has 0 aliphatic carbocycles. The van der Waals surface area contributed by atoms with Crippen molar-refractivity contribution in [3.63, 3.8) is 0 Å². The quantitative estimate of drug-likeness (QED) is 0.800. The first-order chi connectivity index (χ1) is 13.4. The van der Waals surface area contributed by atoms with Gasteiger partial charge in [-0.3, -0.25) is 9.59 Å². The minimum atomic E-state index is -0.877. The number of anilines is 1. The topological polar surface area (TPSA) is 78.9 Å². The summed E-state index contributed by atoms with van der Waals surface area (Å²) < 4.78 is 6.15. The summed E-state index contributed by atoms with van der Waals surface area (Å²) >= 11 is 0. The van der Waals surface area contributed by atoms with Crippen molar-refractivity contribution in [2.24, 2.45) is 5.92 Å². The van der Waals surface area contributed by atoms with Gasteiger partial charge in [-0.05, 0) is 37.1 Å². The highest BCUT2D eigenvalue weighted by Gasteiger charge is 2.55. The number of para-hydroxylation sites is 2. The summed E-state index contributed by atoms with van der Waals surface area (Å²) in [7, 11) is 0. The molecule has 0 unspecified atom stereocenters. The lowest BCUT2D eigenvalue weighted by Gasteiger charge is -2.52. The van der Waals surface area contributed by atoms with Crippen LogP contribution >= 0.6 is 0 Å². The van der Waals surface area contributed by atoms with Crippen LogP contribution in [-0.2, 0) is 9.59 Å². The average molecular weight is 380 g/mol. The van der Waals surface area contributed by atoms with E-state index in [9.17, 15) is 14.7 Å². The zero-order valence-electron chi connectivity index (χ0n) is 16.0. The van der Waals surface area contributed by atoms with Crippen LogP contribution in [0.15, 0.2) is 48.5 Å². The number of hydrogen-bond acceptors (Lipinski definition) is 4. The third-order valence-electron chi connectivity index (χ3n) is 5.76. The number of nitrogens with zero attached hydrogens (tertiary/aromatic N) is 1. The fourth-order valence-corrected chi connectivity index (χ4v) is 4.38. The van der Waals surface area contributed by atoms with Crippen LogP contribution in [-0.4, -0.2) is 40.7 Å². The first kappa shape index (κ1) is 18.5. The fourth-order valence-electron chi connectivity index (χ4n) is 4.38. The number of fused-ring (bicyclic) bond motifs is 4. The van der Waals surface area contributed by atoms with E-state index in [1.54, 1.807) is 0 Å². The first-order valence-corrected chi connectivity index (χ1v) is 9.51. The smallest absolute Gasteiger partial charge is 0.238 e. The van der Waals surface area contributed by atoms with Gasteiger partial charge in [0.25, 0.3) is 0 Å².